The van der Waals surface area contributed by atoms with Gasteiger partial charge < -0.3 is 19.3 Å². The number of benzene rings is 1. The maximum atomic E-state index is 13.1. The van der Waals surface area contributed by atoms with Gasteiger partial charge in [-0.2, -0.15) is 0 Å². The zero-order chi connectivity index (χ0) is 20.1. The van der Waals surface area contributed by atoms with Crippen LogP contribution in [0.15, 0.2) is 24.3 Å². The Kier molecular flexibility index (Phi) is 6.79. The maximum absolute atomic E-state index is 13.1. The molecule has 3 heterocycles. The fourth-order valence-corrected chi connectivity index (χ4v) is 4.41. The molecule has 0 spiro atoms. The van der Waals surface area contributed by atoms with Crippen molar-refractivity contribution in [3.8, 4) is 0 Å². The molecule has 1 atom stereocenters. The van der Waals surface area contributed by atoms with Gasteiger partial charge in [0.05, 0.1) is 32.3 Å². The summed E-state index contributed by atoms with van der Waals surface area (Å²) in [6, 6.07) is 7.93. The molecule has 3 saturated heterocycles. The normalized spacial score (nSPS) is 23.8. The highest BCUT2D eigenvalue weighted by atomic mass is 16.5. The summed E-state index contributed by atoms with van der Waals surface area (Å²) >= 11 is 0. The molecular weight excluding hydrogens is 370 g/mol. The van der Waals surface area contributed by atoms with E-state index in [-0.39, 0.29) is 17.7 Å². The molecule has 1 unspecified atom stereocenters. The van der Waals surface area contributed by atoms with Crippen molar-refractivity contribution >= 4 is 11.8 Å². The van der Waals surface area contributed by atoms with Gasteiger partial charge in [0.25, 0.3) is 5.91 Å². The van der Waals surface area contributed by atoms with Gasteiger partial charge in [0.15, 0.2) is 0 Å². The Balaban J connectivity index is 1.38. The molecule has 1 aromatic carbocycles. The quantitative estimate of drug-likeness (QED) is 0.760. The third-order valence-corrected chi connectivity index (χ3v) is 6.06. The summed E-state index contributed by atoms with van der Waals surface area (Å²) in [4.78, 5) is 32.1. The first kappa shape index (κ1) is 20.3. The summed E-state index contributed by atoms with van der Waals surface area (Å²) in [5, 5.41) is 0. The highest BCUT2D eigenvalue weighted by molar-refractivity contribution is 5.95. The molecule has 7 nitrogen and oxygen atoms in total. The number of carbonyl (C=O) groups is 2. The van der Waals surface area contributed by atoms with E-state index in [1.165, 1.54) is 0 Å². The van der Waals surface area contributed by atoms with Gasteiger partial charge in [-0.05, 0) is 30.5 Å². The third-order valence-electron chi connectivity index (χ3n) is 6.06. The summed E-state index contributed by atoms with van der Waals surface area (Å²) in [5.41, 5.74) is 1.87. The Morgan fingerprint density at radius 1 is 0.931 bits per heavy atom. The maximum Gasteiger partial charge on any atom is 0.253 e. The van der Waals surface area contributed by atoms with E-state index in [1.54, 1.807) is 0 Å². The highest BCUT2D eigenvalue weighted by Crippen LogP contribution is 2.22. The number of nitrogens with zero attached hydrogens (tertiary/aromatic N) is 3. The Morgan fingerprint density at radius 2 is 1.66 bits per heavy atom. The van der Waals surface area contributed by atoms with Crippen LogP contribution in [0, 0.1) is 5.92 Å². The van der Waals surface area contributed by atoms with E-state index in [0.29, 0.717) is 32.8 Å². The van der Waals surface area contributed by atoms with Gasteiger partial charge in [-0.1, -0.05) is 12.1 Å². The Morgan fingerprint density at radius 3 is 2.41 bits per heavy atom. The molecule has 4 rings (SSSR count). The van der Waals surface area contributed by atoms with Crippen molar-refractivity contribution in [2.45, 2.75) is 19.4 Å². The number of morpholine rings is 2. The molecule has 2 amide bonds. The predicted octanol–water partition coefficient (Wildman–Crippen LogP) is 1.23. The topological polar surface area (TPSA) is 62.3 Å². The second-order valence-corrected chi connectivity index (χ2v) is 8.12. The van der Waals surface area contributed by atoms with Crippen molar-refractivity contribution in [1.82, 2.24) is 14.7 Å². The molecule has 0 radical (unpaired) electrons. The van der Waals surface area contributed by atoms with Crippen LogP contribution in [0.4, 0.5) is 0 Å². The lowest BCUT2D eigenvalue weighted by Crippen LogP contribution is -2.49. The molecular formula is C22H31N3O4. The van der Waals surface area contributed by atoms with Gasteiger partial charge in [0, 0.05) is 51.4 Å². The van der Waals surface area contributed by atoms with Gasteiger partial charge in [0.2, 0.25) is 5.91 Å². The fourth-order valence-electron chi connectivity index (χ4n) is 4.41. The Bertz CT molecular complexity index is 714. The Labute approximate surface area is 172 Å². The largest absolute Gasteiger partial charge is 0.379 e. The molecule has 0 bridgehead atoms. The molecule has 1 aromatic rings. The van der Waals surface area contributed by atoms with Crippen LogP contribution in [0.5, 0.6) is 0 Å². The van der Waals surface area contributed by atoms with Crippen LogP contribution in [0.25, 0.3) is 0 Å². The number of amides is 2. The number of hydrogen-bond donors (Lipinski definition) is 0. The third kappa shape index (κ3) is 5.15. The molecule has 0 aromatic heterocycles. The standard InChI is InChI=1S/C22H31N3O4/c26-21(19-4-1-3-18(15-19)16-23-7-11-28-12-8-23)25-6-2-5-20(17-25)22(27)24-9-13-29-14-10-24/h1,3-4,15,20H,2,5-14,16-17H2. The average Bonchev–Trinajstić information content (AvgIpc) is 2.79. The van der Waals surface area contributed by atoms with Crippen molar-refractivity contribution < 1.29 is 19.1 Å². The molecule has 0 N–H and O–H groups in total. The van der Waals surface area contributed by atoms with Crippen molar-refractivity contribution in [1.29, 1.82) is 0 Å². The van der Waals surface area contributed by atoms with Gasteiger partial charge in [-0.3, -0.25) is 14.5 Å². The van der Waals surface area contributed by atoms with Crippen LogP contribution < -0.4 is 0 Å². The zero-order valence-electron chi connectivity index (χ0n) is 17.1. The van der Waals surface area contributed by atoms with E-state index in [1.807, 2.05) is 28.0 Å². The van der Waals surface area contributed by atoms with E-state index in [9.17, 15) is 9.59 Å². The van der Waals surface area contributed by atoms with Crippen LogP contribution in [0.1, 0.15) is 28.8 Å². The van der Waals surface area contributed by atoms with Crippen LogP contribution in [-0.4, -0.2) is 92.2 Å². The van der Waals surface area contributed by atoms with E-state index in [0.717, 1.165) is 63.4 Å². The zero-order valence-corrected chi connectivity index (χ0v) is 17.1. The van der Waals surface area contributed by atoms with Crippen LogP contribution in [-0.2, 0) is 20.8 Å². The lowest BCUT2D eigenvalue weighted by atomic mass is 9.95. The second kappa shape index (κ2) is 9.69. The van der Waals surface area contributed by atoms with Gasteiger partial charge in [-0.25, -0.2) is 0 Å². The minimum Gasteiger partial charge on any atom is -0.379 e. The molecule has 3 fully saturated rings. The minimum absolute atomic E-state index is 0.0355. The first-order valence-electron chi connectivity index (χ1n) is 10.8. The molecule has 7 heteroatoms. The number of ether oxygens (including phenoxy) is 2. The monoisotopic (exact) mass is 401 g/mol. The van der Waals surface area contributed by atoms with Crippen molar-refractivity contribution in [3.05, 3.63) is 35.4 Å². The molecule has 0 aliphatic carbocycles. The summed E-state index contributed by atoms with van der Waals surface area (Å²) in [5.74, 6) is 0.113. The summed E-state index contributed by atoms with van der Waals surface area (Å²) in [7, 11) is 0. The SMILES string of the molecule is O=C(c1cccc(CN2CCOCC2)c1)N1CCCC(C(=O)N2CCOCC2)C1. The summed E-state index contributed by atoms with van der Waals surface area (Å²) in [6.45, 7) is 8.00. The van der Waals surface area contributed by atoms with Crippen LogP contribution in [0.3, 0.4) is 0 Å². The highest BCUT2D eigenvalue weighted by Gasteiger charge is 2.32. The number of rotatable bonds is 4. The lowest BCUT2D eigenvalue weighted by Gasteiger charge is -2.36. The molecule has 158 valence electrons. The first-order valence-corrected chi connectivity index (χ1v) is 10.8. The summed E-state index contributed by atoms with van der Waals surface area (Å²) < 4.78 is 10.8. The average molecular weight is 402 g/mol. The van der Waals surface area contributed by atoms with Crippen molar-refractivity contribution in [3.63, 3.8) is 0 Å². The molecule has 3 aliphatic heterocycles. The van der Waals surface area contributed by atoms with E-state index < -0.39 is 0 Å². The Hall–Kier alpha value is -1.96. The van der Waals surface area contributed by atoms with Crippen LogP contribution >= 0.6 is 0 Å². The second-order valence-electron chi connectivity index (χ2n) is 8.12. The minimum atomic E-state index is -0.0951. The number of hydrogen-bond acceptors (Lipinski definition) is 5. The first-order chi connectivity index (χ1) is 14.2. The van der Waals surface area contributed by atoms with Gasteiger partial charge in [-0.15, -0.1) is 0 Å². The molecule has 29 heavy (non-hydrogen) atoms. The van der Waals surface area contributed by atoms with Crippen molar-refractivity contribution in [2.75, 3.05) is 65.7 Å². The smallest absolute Gasteiger partial charge is 0.253 e. The number of likely N-dealkylation sites (tertiary alicyclic amines) is 1. The fraction of sp³-hybridized carbons (Fsp3) is 0.636. The number of piperidine rings is 1. The van der Waals surface area contributed by atoms with E-state index in [4.69, 9.17) is 9.47 Å². The molecule has 3 aliphatic rings. The lowest BCUT2D eigenvalue weighted by molar-refractivity contribution is -0.141. The predicted molar refractivity (Wildman–Crippen MR) is 109 cm³/mol. The van der Waals surface area contributed by atoms with E-state index >= 15 is 0 Å². The van der Waals surface area contributed by atoms with E-state index in [2.05, 4.69) is 11.0 Å². The molecule has 0 saturated carbocycles. The van der Waals surface area contributed by atoms with Crippen molar-refractivity contribution in [2.24, 2.45) is 5.92 Å². The summed E-state index contributed by atoms with van der Waals surface area (Å²) in [6.07, 6.45) is 1.73. The number of carbonyl (C=O) groups excluding carboxylic acids is 2. The van der Waals surface area contributed by atoms with Gasteiger partial charge >= 0.3 is 0 Å². The van der Waals surface area contributed by atoms with Crippen LogP contribution in [0.2, 0.25) is 0 Å². The van der Waals surface area contributed by atoms with Gasteiger partial charge in [0.1, 0.15) is 0 Å².